The summed E-state index contributed by atoms with van der Waals surface area (Å²) in [6.07, 6.45) is 8.31. The van der Waals surface area contributed by atoms with Crippen molar-refractivity contribution in [3.05, 3.63) is 155 Å². The second-order valence-electron chi connectivity index (χ2n) is 15.1. The molecule has 2 amide bonds. The first-order valence-electron chi connectivity index (χ1n) is 20.6. The first-order valence-corrected chi connectivity index (χ1v) is 20.6. The Hall–Kier alpha value is -5.88. The number of aromatic nitrogens is 4. The maximum atomic E-state index is 13.2. The van der Waals surface area contributed by atoms with E-state index in [9.17, 15) is 9.59 Å². The lowest BCUT2D eigenvalue weighted by atomic mass is 10.1. The van der Waals surface area contributed by atoms with Crippen molar-refractivity contribution < 1.29 is 14.3 Å². The van der Waals surface area contributed by atoms with Crippen LogP contribution in [0.4, 0.5) is 0 Å². The van der Waals surface area contributed by atoms with Crippen molar-refractivity contribution in [3.63, 3.8) is 0 Å². The van der Waals surface area contributed by atoms with Crippen molar-refractivity contribution in [3.8, 4) is 22.5 Å². The summed E-state index contributed by atoms with van der Waals surface area (Å²) < 4.78 is 6.14. The van der Waals surface area contributed by atoms with E-state index >= 15 is 0 Å². The standard InChI is InChI=1S/C44H44N6O3.2C2H7N/c51-41(25-31-10-3-1-4-11-31)49-22-8-16-39(49)43-45-27-37(47-43)35-20-18-33(19-21-35)29-53-30-34-14-7-15-36(24-34)38-28-46-44(48-38)40-17-9-23-50(40)42(52)26-32-12-5-2-6-13-32;2*1-3-2/h1-7,10-15,18-21,24,27-28,39-40H,8-9,16-17,22-23,25-26,29-30H2,(H,45,47)(H,46,48);2*3H,1-2H3. The molecule has 4 heterocycles. The molecule has 2 aliphatic heterocycles. The molecular formula is C48H58N8O3. The molecule has 2 fully saturated rings. The molecule has 2 unspecified atom stereocenters. The largest absolute Gasteiger partial charge is 0.372 e. The number of amides is 2. The van der Waals surface area contributed by atoms with Gasteiger partial charge >= 0.3 is 0 Å². The summed E-state index contributed by atoms with van der Waals surface area (Å²) in [6, 6.07) is 36.4. The van der Waals surface area contributed by atoms with E-state index in [0.717, 1.165) is 95.2 Å². The zero-order valence-corrected chi connectivity index (χ0v) is 34.8. The summed E-state index contributed by atoms with van der Waals surface area (Å²) in [5.74, 6) is 1.96. The summed E-state index contributed by atoms with van der Waals surface area (Å²) in [6.45, 7) is 2.48. The quantitative estimate of drug-likeness (QED) is 0.100. The van der Waals surface area contributed by atoms with Crippen LogP contribution >= 0.6 is 0 Å². The van der Waals surface area contributed by atoms with Gasteiger partial charge < -0.3 is 35.1 Å². The SMILES string of the molecule is CNC.CNC.O=C(Cc1ccccc1)N1CCCC1c1ncc(-c2ccc(COCc3cccc(-c4cnc(C5CCCN5C(=O)Cc5ccccc5)[nH]4)c3)cc2)[nH]1. The van der Waals surface area contributed by atoms with Gasteiger partial charge in [0.2, 0.25) is 11.8 Å². The van der Waals surface area contributed by atoms with Gasteiger partial charge in [-0.3, -0.25) is 9.59 Å². The number of likely N-dealkylation sites (tertiary alicyclic amines) is 2. The van der Waals surface area contributed by atoms with Crippen molar-refractivity contribution >= 4 is 11.8 Å². The Kier molecular flexibility index (Phi) is 15.8. The number of aromatic amines is 2. The van der Waals surface area contributed by atoms with Crippen molar-refractivity contribution in [1.82, 2.24) is 40.4 Å². The fourth-order valence-corrected chi connectivity index (χ4v) is 7.64. The van der Waals surface area contributed by atoms with Crippen molar-refractivity contribution in [2.45, 2.75) is 63.8 Å². The lowest BCUT2D eigenvalue weighted by molar-refractivity contribution is -0.132. The van der Waals surface area contributed by atoms with Crippen LogP contribution in [0.3, 0.4) is 0 Å². The summed E-state index contributed by atoms with van der Waals surface area (Å²) in [7, 11) is 7.50. The summed E-state index contributed by atoms with van der Waals surface area (Å²) in [4.78, 5) is 46.7. The van der Waals surface area contributed by atoms with Crippen LogP contribution in [-0.2, 0) is 40.4 Å². The number of imidazole rings is 2. The highest BCUT2D eigenvalue weighted by atomic mass is 16.5. The van der Waals surface area contributed by atoms with Crippen LogP contribution in [0, 0.1) is 0 Å². The molecule has 0 saturated carbocycles. The number of nitrogens with zero attached hydrogens (tertiary/aromatic N) is 4. The minimum absolute atomic E-state index is 0.0278. The fourth-order valence-electron chi connectivity index (χ4n) is 7.64. The van der Waals surface area contributed by atoms with Gasteiger partial charge in [-0.05, 0) is 93.3 Å². The lowest BCUT2D eigenvalue weighted by Crippen LogP contribution is -2.32. The molecule has 11 nitrogen and oxygen atoms in total. The number of nitrogens with one attached hydrogen (secondary N) is 4. The first-order chi connectivity index (χ1) is 28.9. The molecule has 0 bridgehead atoms. The number of hydrogen-bond donors (Lipinski definition) is 4. The molecule has 59 heavy (non-hydrogen) atoms. The molecule has 0 spiro atoms. The maximum absolute atomic E-state index is 13.2. The Bertz CT molecular complexity index is 2180. The molecule has 0 radical (unpaired) electrons. The van der Waals surface area contributed by atoms with E-state index in [0.29, 0.717) is 26.1 Å². The highest BCUT2D eigenvalue weighted by molar-refractivity contribution is 5.80. The van der Waals surface area contributed by atoms with E-state index in [2.05, 4.69) is 63.1 Å². The van der Waals surface area contributed by atoms with Crippen LogP contribution < -0.4 is 10.6 Å². The topological polar surface area (TPSA) is 131 Å². The Balaban J connectivity index is 0.000000921. The van der Waals surface area contributed by atoms with Crippen molar-refractivity contribution in [1.29, 1.82) is 0 Å². The zero-order chi connectivity index (χ0) is 41.4. The average molecular weight is 795 g/mol. The van der Waals surface area contributed by atoms with Gasteiger partial charge in [-0.2, -0.15) is 0 Å². The Morgan fingerprint density at radius 2 is 1.05 bits per heavy atom. The smallest absolute Gasteiger partial charge is 0.227 e. The van der Waals surface area contributed by atoms with Gasteiger partial charge in [-0.15, -0.1) is 0 Å². The maximum Gasteiger partial charge on any atom is 0.227 e. The fraction of sp³-hybridized carbons (Fsp3) is 0.333. The van der Waals surface area contributed by atoms with E-state index in [1.165, 1.54) is 0 Å². The van der Waals surface area contributed by atoms with E-state index in [4.69, 9.17) is 14.7 Å². The number of carbonyl (C=O) groups is 2. The molecule has 8 rings (SSSR count). The Labute approximate surface area is 348 Å². The second kappa shape index (κ2) is 21.8. The third kappa shape index (κ3) is 11.6. The van der Waals surface area contributed by atoms with Gasteiger partial charge in [-0.1, -0.05) is 103 Å². The van der Waals surface area contributed by atoms with E-state index < -0.39 is 0 Å². The lowest BCUT2D eigenvalue weighted by Gasteiger charge is -2.23. The molecule has 4 N–H and O–H groups in total. The highest BCUT2D eigenvalue weighted by Crippen LogP contribution is 2.34. The van der Waals surface area contributed by atoms with Crippen LogP contribution in [0.5, 0.6) is 0 Å². The number of hydrogen-bond acceptors (Lipinski definition) is 7. The predicted molar refractivity (Wildman–Crippen MR) is 234 cm³/mol. The molecular weight excluding hydrogens is 737 g/mol. The summed E-state index contributed by atoms with van der Waals surface area (Å²) in [5.41, 5.74) is 8.17. The molecule has 2 aromatic heterocycles. The molecule has 0 aliphatic carbocycles. The molecule has 308 valence electrons. The third-order valence-electron chi connectivity index (χ3n) is 10.4. The van der Waals surface area contributed by atoms with Gasteiger partial charge in [0.15, 0.2) is 0 Å². The van der Waals surface area contributed by atoms with E-state index in [-0.39, 0.29) is 23.9 Å². The number of rotatable bonds is 12. The molecule has 11 heteroatoms. The van der Waals surface area contributed by atoms with Gasteiger partial charge in [0, 0.05) is 13.1 Å². The van der Waals surface area contributed by atoms with Crippen LogP contribution in [0.1, 0.15) is 71.7 Å². The van der Waals surface area contributed by atoms with Crippen LogP contribution in [0.2, 0.25) is 0 Å². The van der Waals surface area contributed by atoms with E-state index in [1.807, 2.05) is 117 Å². The second-order valence-corrected chi connectivity index (χ2v) is 15.1. The number of benzene rings is 4. The first kappa shape index (κ1) is 42.7. The predicted octanol–water partition coefficient (Wildman–Crippen LogP) is 7.67. The minimum atomic E-state index is -0.0355. The van der Waals surface area contributed by atoms with Gasteiger partial charge in [0.05, 0.1) is 61.9 Å². The normalized spacial score (nSPS) is 15.9. The number of carbonyl (C=O) groups excluding carboxylic acids is 2. The third-order valence-corrected chi connectivity index (χ3v) is 10.4. The molecule has 4 aromatic carbocycles. The van der Waals surface area contributed by atoms with E-state index in [1.54, 1.807) is 0 Å². The monoisotopic (exact) mass is 794 g/mol. The summed E-state index contributed by atoms with van der Waals surface area (Å²) in [5, 5.41) is 5.50. The Morgan fingerprint density at radius 3 is 1.56 bits per heavy atom. The van der Waals surface area contributed by atoms with Gasteiger partial charge in [-0.25, -0.2) is 9.97 Å². The van der Waals surface area contributed by atoms with Crippen molar-refractivity contribution in [2.75, 3.05) is 41.3 Å². The molecule has 2 atom stereocenters. The zero-order valence-electron chi connectivity index (χ0n) is 34.8. The van der Waals surface area contributed by atoms with Crippen LogP contribution in [0.15, 0.2) is 122 Å². The molecule has 2 saturated heterocycles. The highest BCUT2D eigenvalue weighted by Gasteiger charge is 2.33. The van der Waals surface area contributed by atoms with Crippen LogP contribution in [0.25, 0.3) is 22.5 Å². The van der Waals surface area contributed by atoms with Crippen molar-refractivity contribution in [2.24, 2.45) is 0 Å². The minimum Gasteiger partial charge on any atom is -0.372 e. The van der Waals surface area contributed by atoms with Gasteiger partial charge in [0.25, 0.3) is 0 Å². The summed E-state index contributed by atoms with van der Waals surface area (Å²) >= 11 is 0. The average Bonchev–Trinajstić information content (AvgIpc) is 4.10. The molecule has 6 aromatic rings. The number of H-pyrrole nitrogens is 2. The van der Waals surface area contributed by atoms with Crippen LogP contribution in [-0.4, -0.2) is 82.8 Å². The van der Waals surface area contributed by atoms with Gasteiger partial charge in [0.1, 0.15) is 11.6 Å². The number of ether oxygens (including phenoxy) is 1. The Morgan fingerprint density at radius 1 is 0.593 bits per heavy atom. The molecule has 2 aliphatic rings.